The summed E-state index contributed by atoms with van der Waals surface area (Å²) in [4.78, 5) is 17.7. The number of aliphatic hydroxyl groups excluding tert-OH is 1. The zero-order valence-corrected chi connectivity index (χ0v) is 33.0. The van der Waals surface area contributed by atoms with Gasteiger partial charge in [0.2, 0.25) is 0 Å². The number of fused-ring (bicyclic) bond motifs is 1. The van der Waals surface area contributed by atoms with Gasteiger partial charge in [-0.25, -0.2) is 0 Å². The Morgan fingerprint density at radius 1 is 0.844 bits per heavy atom. The number of allylic oxidation sites excluding steroid dienone is 2. The largest absolute Gasteiger partial charge is 0.512 e. The number of aliphatic hydroxyl groups is 1. The van der Waals surface area contributed by atoms with E-state index in [1.165, 1.54) is 28.2 Å². The van der Waals surface area contributed by atoms with Gasteiger partial charge in [0.1, 0.15) is 5.76 Å². The number of carbonyl (C=O) groups is 1. The van der Waals surface area contributed by atoms with E-state index >= 15 is 0 Å². The molecule has 0 fully saturated rings. The van der Waals surface area contributed by atoms with Crippen LogP contribution in [0.4, 0.5) is 0 Å². The van der Waals surface area contributed by atoms with Crippen LogP contribution >= 0.6 is 0 Å². The van der Waals surface area contributed by atoms with E-state index in [4.69, 9.17) is 4.98 Å². The van der Waals surface area contributed by atoms with E-state index in [2.05, 4.69) is 132 Å². The predicted octanol–water partition coefficient (Wildman–Crippen LogP) is 11.9. The average molecular weight is 791 g/mol. The van der Waals surface area contributed by atoms with Crippen molar-refractivity contribution >= 4 is 16.7 Å². The van der Waals surface area contributed by atoms with Crippen molar-refractivity contribution in [2.45, 2.75) is 116 Å². The summed E-state index contributed by atoms with van der Waals surface area (Å²) in [5.41, 5.74) is 6.25. The van der Waals surface area contributed by atoms with Crippen LogP contribution in [0.1, 0.15) is 119 Å². The fraction of sp³-hybridized carbons (Fsp3) is 0.561. The third kappa shape index (κ3) is 9.17. The first-order chi connectivity index (χ1) is 20.4. The van der Waals surface area contributed by atoms with E-state index in [1.54, 1.807) is 0 Å². The van der Waals surface area contributed by atoms with Gasteiger partial charge in [-0.1, -0.05) is 121 Å². The van der Waals surface area contributed by atoms with Gasteiger partial charge in [-0.05, 0) is 59.8 Å². The topological polar surface area (TPSA) is 50.2 Å². The molecular weight excluding hydrogens is 731 g/mol. The molecule has 0 aliphatic heterocycles. The maximum absolute atomic E-state index is 12.8. The summed E-state index contributed by atoms with van der Waals surface area (Å²) in [6, 6.07) is 18.6. The number of para-hydroxylation sites is 1. The maximum Gasteiger partial charge on any atom is 0.165 e. The smallest absolute Gasteiger partial charge is 0.165 e. The van der Waals surface area contributed by atoms with Crippen molar-refractivity contribution in [1.29, 1.82) is 0 Å². The SMILES string of the molecule is CC(C)C(C)(C(=O)/C=C(\O)C(C)(C(C)C)C(C)C)C(C)C.CCC(CC)c1cc(-c2[c-]c(C)cc(C)c2)nc2ccccc12.[Ir]. The van der Waals surface area contributed by atoms with Crippen LogP contribution < -0.4 is 0 Å². The predicted molar refractivity (Wildman–Crippen MR) is 190 cm³/mol. The van der Waals surface area contributed by atoms with Crippen LogP contribution in [0.25, 0.3) is 22.2 Å². The number of pyridine rings is 1. The zero-order valence-electron chi connectivity index (χ0n) is 30.6. The molecule has 1 aromatic heterocycles. The second-order valence-corrected chi connectivity index (χ2v) is 14.5. The van der Waals surface area contributed by atoms with Crippen molar-refractivity contribution in [2.75, 3.05) is 0 Å². The van der Waals surface area contributed by atoms with Gasteiger partial charge in [0.15, 0.2) is 5.78 Å². The molecule has 0 amide bonds. The number of carbonyl (C=O) groups excluding carboxylic acids is 1. The Morgan fingerprint density at radius 2 is 1.36 bits per heavy atom. The molecule has 1 radical (unpaired) electrons. The Hall–Kier alpha value is -2.29. The van der Waals surface area contributed by atoms with Gasteiger partial charge in [0.05, 0.1) is 5.52 Å². The van der Waals surface area contributed by atoms with Gasteiger partial charge in [0, 0.05) is 42.4 Å². The molecule has 0 bridgehead atoms. The Balaban J connectivity index is 0.000000443. The summed E-state index contributed by atoms with van der Waals surface area (Å²) in [6.07, 6.45) is 3.81. The first-order valence-electron chi connectivity index (χ1n) is 16.8. The van der Waals surface area contributed by atoms with E-state index in [9.17, 15) is 9.90 Å². The summed E-state index contributed by atoms with van der Waals surface area (Å²) < 4.78 is 0. The van der Waals surface area contributed by atoms with Crippen LogP contribution in [0.5, 0.6) is 0 Å². The Kier molecular flexibility index (Phi) is 15.4. The van der Waals surface area contributed by atoms with Crippen molar-refractivity contribution in [2.24, 2.45) is 34.5 Å². The van der Waals surface area contributed by atoms with Crippen LogP contribution in [-0.2, 0) is 24.9 Å². The minimum Gasteiger partial charge on any atom is -0.512 e. The normalized spacial score (nSPS) is 12.6. The van der Waals surface area contributed by atoms with Crippen LogP contribution in [0.2, 0.25) is 0 Å². The molecule has 0 aliphatic rings. The minimum absolute atomic E-state index is 0. The minimum atomic E-state index is -0.442. The average Bonchev–Trinajstić information content (AvgIpc) is 2.95. The molecule has 0 aliphatic carbocycles. The van der Waals surface area contributed by atoms with Crippen molar-refractivity contribution in [3.05, 3.63) is 77.1 Å². The number of benzene rings is 2. The molecular formula is C41H60IrNO2-. The molecule has 1 N–H and O–H groups in total. The fourth-order valence-corrected chi connectivity index (χ4v) is 6.37. The first-order valence-corrected chi connectivity index (χ1v) is 16.8. The fourth-order valence-electron chi connectivity index (χ4n) is 6.37. The molecule has 4 heteroatoms. The summed E-state index contributed by atoms with van der Waals surface area (Å²) in [6.45, 7) is 29.5. The van der Waals surface area contributed by atoms with Gasteiger partial charge in [-0.15, -0.1) is 34.9 Å². The standard InChI is InChI=1S/C22H24N.C19H36O2.Ir/c1-5-17(6-2)20-14-22(18-12-15(3)11-16(4)13-18)23-21-10-8-7-9-19(20)21;1-12(2)18(9,13(3)4)16(20)11-17(21)19(10,14(5)6)15(7)8;/h7-12,14,17H,5-6H2,1-4H3;11-15,20H,1-10H3;/q-1;;/b;16-11-;. The number of aryl methyl sites for hydroxylation is 2. The Bertz CT molecular complexity index is 1390. The molecule has 3 nitrogen and oxygen atoms in total. The van der Waals surface area contributed by atoms with E-state index < -0.39 is 5.41 Å². The van der Waals surface area contributed by atoms with Crippen molar-refractivity contribution < 1.29 is 30.0 Å². The number of aromatic nitrogens is 1. The number of ketones is 1. The van der Waals surface area contributed by atoms with Gasteiger partial charge in [-0.3, -0.25) is 9.78 Å². The van der Waals surface area contributed by atoms with Crippen LogP contribution in [-0.4, -0.2) is 15.9 Å². The molecule has 0 saturated carbocycles. The molecule has 0 atom stereocenters. The van der Waals surface area contributed by atoms with Crippen LogP contribution in [0.3, 0.4) is 0 Å². The monoisotopic (exact) mass is 791 g/mol. The number of hydrogen-bond acceptors (Lipinski definition) is 3. The van der Waals surface area contributed by atoms with E-state index in [-0.39, 0.29) is 60.7 Å². The summed E-state index contributed by atoms with van der Waals surface area (Å²) in [5, 5.41) is 11.9. The zero-order chi connectivity index (χ0) is 33.6. The number of hydrogen-bond donors (Lipinski definition) is 1. The number of rotatable bonds is 11. The van der Waals surface area contributed by atoms with E-state index in [0.717, 1.165) is 29.6 Å². The van der Waals surface area contributed by atoms with Gasteiger partial charge >= 0.3 is 0 Å². The van der Waals surface area contributed by atoms with E-state index in [1.807, 2.05) is 13.8 Å². The first kappa shape index (κ1) is 40.7. The Labute approximate surface area is 289 Å². The summed E-state index contributed by atoms with van der Waals surface area (Å²) in [7, 11) is 0. The van der Waals surface area contributed by atoms with E-state index in [0.29, 0.717) is 5.92 Å². The second kappa shape index (κ2) is 17.0. The summed E-state index contributed by atoms with van der Waals surface area (Å²) >= 11 is 0. The summed E-state index contributed by atoms with van der Waals surface area (Å²) in [5.74, 6) is 1.85. The van der Waals surface area contributed by atoms with Crippen LogP contribution in [0.15, 0.2) is 54.3 Å². The van der Waals surface area contributed by atoms with Crippen molar-refractivity contribution in [3.8, 4) is 11.3 Å². The van der Waals surface area contributed by atoms with Gasteiger partial charge in [0.25, 0.3) is 0 Å². The molecule has 0 unspecified atom stereocenters. The maximum atomic E-state index is 12.8. The van der Waals surface area contributed by atoms with Crippen molar-refractivity contribution in [1.82, 2.24) is 4.98 Å². The molecule has 3 rings (SSSR count). The Morgan fingerprint density at radius 3 is 1.82 bits per heavy atom. The van der Waals surface area contributed by atoms with Gasteiger partial charge in [-0.2, -0.15) is 0 Å². The molecule has 251 valence electrons. The quantitative estimate of drug-likeness (QED) is 0.120. The third-order valence-corrected chi connectivity index (χ3v) is 10.7. The molecule has 2 aromatic carbocycles. The molecule has 45 heavy (non-hydrogen) atoms. The molecule has 3 aromatic rings. The number of nitrogens with zero attached hydrogens (tertiary/aromatic N) is 1. The second-order valence-electron chi connectivity index (χ2n) is 14.5. The molecule has 1 heterocycles. The third-order valence-electron chi connectivity index (χ3n) is 10.7. The van der Waals surface area contributed by atoms with Crippen LogP contribution in [0, 0.1) is 54.4 Å². The molecule has 0 spiro atoms. The van der Waals surface area contributed by atoms with Crippen molar-refractivity contribution in [3.63, 3.8) is 0 Å². The van der Waals surface area contributed by atoms with Gasteiger partial charge < -0.3 is 5.11 Å². The molecule has 0 saturated heterocycles.